The van der Waals surface area contributed by atoms with Crippen molar-refractivity contribution in [3.05, 3.63) is 59.2 Å². The molecular formula is C25H35NO5. The fourth-order valence-electron chi connectivity index (χ4n) is 5.14. The Morgan fingerprint density at radius 2 is 1.77 bits per heavy atom. The molecule has 1 aromatic carbocycles. The van der Waals surface area contributed by atoms with Crippen molar-refractivity contribution in [2.75, 3.05) is 0 Å². The van der Waals surface area contributed by atoms with Gasteiger partial charge in [0.15, 0.2) is 5.60 Å². The van der Waals surface area contributed by atoms with E-state index >= 15 is 0 Å². The average Bonchev–Trinajstić information content (AvgIpc) is 2.99. The number of rotatable bonds is 7. The van der Waals surface area contributed by atoms with Gasteiger partial charge >= 0.3 is 0 Å². The molecule has 3 rings (SSSR count). The summed E-state index contributed by atoms with van der Waals surface area (Å²) in [6.07, 6.45) is 1.83. The molecule has 1 saturated heterocycles. The number of benzene rings is 1. The van der Waals surface area contributed by atoms with Gasteiger partial charge in [-0.1, -0.05) is 55.0 Å². The summed E-state index contributed by atoms with van der Waals surface area (Å²) in [5.41, 5.74) is 0.944. The molecule has 5 N–H and O–H groups in total. The molecule has 0 saturated carbocycles. The molecule has 6 nitrogen and oxygen atoms in total. The monoisotopic (exact) mass is 429 g/mol. The van der Waals surface area contributed by atoms with Crippen LogP contribution < -0.4 is 5.32 Å². The van der Waals surface area contributed by atoms with E-state index in [-0.39, 0.29) is 12.0 Å². The van der Waals surface area contributed by atoms with Gasteiger partial charge in [0.25, 0.3) is 5.91 Å². The Balaban J connectivity index is 1.88. The van der Waals surface area contributed by atoms with Gasteiger partial charge in [-0.2, -0.15) is 0 Å². The van der Waals surface area contributed by atoms with Crippen molar-refractivity contribution in [1.82, 2.24) is 5.32 Å². The number of hydrogen-bond acceptors (Lipinski definition) is 5. The lowest BCUT2D eigenvalue weighted by Crippen LogP contribution is -2.56. The van der Waals surface area contributed by atoms with Gasteiger partial charge in [-0.05, 0) is 50.7 Å². The minimum Gasteiger partial charge on any atom is -0.391 e. The molecule has 6 heteroatoms. The van der Waals surface area contributed by atoms with Crippen LogP contribution in [0.2, 0.25) is 0 Å². The fraction of sp³-hybridized carbons (Fsp3) is 0.560. The third-order valence-electron chi connectivity index (χ3n) is 7.16. The number of nitrogens with one attached hydrogen (secondary N) is 1. The zero-order valence-electron chi connectivity index (χ0n) is 18.7. The highest BCUT2D eigenvalue weighted by molar-refractivity contribution is 5.90. The molecule has 2 aliphatic rings. The van der Waals surface area contributed by atoms with Gasteiger partial charge in [0.05, 0.1) is 18.3 Å². The number of carbonyl (C=O) groups excluding carboxylic acids is 1. The Bertz CT molecular complexity index is 849. The molecule has 8 atom stereocenters. The normalized spacial score (nSPS) is 33.9. The second-order valence-corrected chi connectivity index (χ2v) is 9.28. The SMILES string of the molecule is CC1=C(C)[C@H]2[C@H](Cc3ccccc3)NC(=O)[C@]2(O)[C@@H](/C=C/C[C@H](C)[C@@H](O)[C@@H](C)O)[C@@H]1O. The Hall–Kier alpha value is -1.99. The summed E-state index contributed by atoms with van der Waals surface area (Å²) in [7, 11) is 0. The number of allylic oxidation sites excluding steroid dienone is 1. The zero-order chi connectivity index (χ0) is 22.9. The van der Waals surface area contributed by atoms with E-state index in [4.69, 9.17) is 0 Å². The van der Waals surface area contributed by atoms with Crippen LogP contribution in [0.5, 0.6) is 0 Å². The number of hydrogen-bond donors (Lipinski definition) is 5. The molecule has 1 aliphatic carbocycles. The summed E-state index contributed by atoms with van der Waals surface area (Å²) in [5, 5.41) is 45.2. The molecule has 1 heterocycles. The molecule has 31 heavy (non-hydrogen) atoms. The van der Waals surface area contributed by atoms with Gasteiger partial charge in [-0.15, -0.1) is 0 Å². The quantitative estimate of drug-likeness (QED) is 0.424. The second kappa shape index (κ2) is 9.25. The van der Waals surface area contributed by atoms with E-state index < -0.39 is 41.7 Å². The molecule has 1 amide bonds. The molecule has 170 valence electrons. The summed E-state index contributed by atoms with van der Waals surface area (Å²) in [6, 6.07) is 9.57. The van der Waals surface area contributed by atoms with Crippen LogP contribution in [0.4, 0.5) is 0 Å². The lowest BCUT2D eigenvalue weighted by atomic mass is 9.63. The predicted molar refractivity (Wildman–Crippen MR) is 119 cm³/mol. The third-order valence-corrected chi connectivity index (χ3v) is 7.16. The van der Waals surface area contributed by atoms with Crippen LogP contribution in [0.15, 0.2) is 53.6 Å². The van der Waals surface area contributed by atoms with Crippen molar-refractivity contribution in [2.24, 2.45) is 17.8 Å². The number of aliphatic hydroxyl groups excluding tert-OH is 3. The van der Waals surface area contributed by atoms with Crippen LogP contribution in [-0.4, -0.2) is 56.3 Å². The van der Waals surface area contributed by atoms with Crippen LogP contribution in [0.1, 0.15) is 39.7 Å². The highest BCUT2D eigenvalue weighted by Gasteiger charge is 2.62. The summed E-state index contributed by atoms with van der Waals surface area (Å²) in [6.45, 7) is 7.09. The minimum absolute atomic E-state index is 0.205. The highest BCUT2D eigenvalue weighted by atomic mass is 16.3. The molecule has 0 bridgehead atoms. The largest absolute Gasteiger partial charge is 0.391 e. The molecule has 1 aromatic rings. The summed E-state index contributed by atoms with van der Waals surface area (Å²) in [4.78, 5) is 13.0. The first-order chi connectivity index (χ1) is 14.6. The summed E-state index contributed by atoms with van der Waals surface area (Å²) < 4.78 is 0. The van der Waals surface area contributed by atoms with Crippen molar-refractivity contribution in [3.8, 4) is 0 Å². The number of fused-ring (bicyclic) bond motifs is 1. The lowest BCUT2D eigenvalue weighted by molar-refractivity contribution is -0.147. The summed E-state index contributed by atoms with van der Waals surface area (Å²) in [5.74, 6) is -1.91. The zero-order valence-corrected chi connectivity index (χ0v) is 18.7. The topological polar surface area (TPSA) is 110 Å². The molecule has 0 aromatic heterocycles. The first-order valence-electron chi connectivity index (χ1n) is 11.0. The van der Waals surface area contributed by atoms with Crippen molar-refractivity contribution in [2.45, 2.75) is 70.5 Å². The van der Waals surface area contributed by atoms with Gasteiger partial charge in [0, 0.05) is 17.9 Å². The molecular weight excluding hydrogens is 394 g/mol. The Kier molecular flexibility index (Phi) is 7.06. The van der Waals surface area contributed by atoms with E-state index in [2.05, 4.69) is 5.32 Å². The van der Waals surface area contributed by atoms with Crippen LogP contribution in [0.3, 0.4) is 0 Å². The molecule has 0 unspecified atom stereocenters. The van der Waals surface area contributed by atoms with Gasteiger partial charge in [0.2, 0.25) is 0 Å². The van der Waals surface area contributed by atoms with Gasteiger partial charge in [-0.3, -0.25) is 4.79 Å². The van der Waals surface area contributed by atoms with Crippen molar-refractivity contribution < 1.29 is 25.2 Å². The van der Waals surface area contributed by atoms with Crippen LogP contribution in [0.25, 0.3) is 0 Å². The van der Waals surface area contributed by atoms with E-state index in [1.54, 1.807) is 12.2 Å². The van der Waals surface area contributed by atoms with E-state index in [9.17, 15) is 25.2 Å². The molecule has 1 fully saturated rings. The van der Waals surface area contributed by atoms with E-state index in [0.717, 1.165) is 16.7 Å². The number of carbonyl (C=O) groups is 1. The van der Waals surface area contributed by atoms with Crippen LogP contribution in [0, 0.1) is 17.8 Å². The standard InChI is InChI=1S/C25H35NO5/c1-14(22(28)17(4)27)9-8-12-19-23(29)16(3)15(2)21-20(26-24(30)25(19,21)31)13-18-10-6-5-7-11-18/h5-8,10-12,14,17,19-23,27-29,31H,9,13H2,1-4H3,(H,26,30)/b12-8+/t14-,17+,19-,20-,21-,22+,23+,25-/m0/s1. The number of amides is 1. The van der Waals surface area contributed by atoms with Gasteiger partial charge in [0.1, 0.15) is 0 Å². The molecule has 0 spiro atoms. The predicted octanol–water partition coefficient (Wildman–Crippen LogP) is 1.73. The average molecular weight is 430 g/mol. The second-order valence-electron chi connectivity index (χ2n) is 9.28. The van der Waals surface area contributed by atoms with E-state index in [1.807, 2.05) is 51.1 Å². The van der Waals surface area contributed by atoms with Crippen molar-refractivity contribution in [3.63, 3.8) is 0 Å². The van der Waals surface area contributed by atoms with Crippen LogP contribution in [-0.2, 0) is 11.2 Å². The first-order valence-corrected chi connectivity index (χ1v) is 11.0. The smallest absolute Gasteiger partial charge is 0.253 e. The van der Waals surface area contributed by atoms with Gasteiger partial charge in [-0.25, -0.2) is 0 Å². The van der Waals surface area contributed by atoms with E-state index in [0.29, 0.717) is 12.8 Å². The Morgan fingerprint density at radius 1 is 1.13 bits per heavy atom. The molecule has 1 aliphatic heterocycles. The highest BCUT2D eigenvalue weighted by Crippen LogP contribution is 2.48. The molecule has 0 radical (unpaired) electrons. The number of aliphatic hydroxyl groups is 4. The maximum absolute atomic E-state index is 13.0. The minimum atomic E-state index is -1.74. The summed E-state index contributed by atoms with van der Waals surface area (Å²) >= 11 is 0. The first kappa shape index (κ1) is 23.7. The van der Waals surface area contributed by atoms with Crippen LogP contribution >= 0.6 is 0 Å². The lowest BCUT2D eigenvalue weighted by Gasteiger charge is -2.43. The van der Waals surface area contributed by atoms with E-state index in [1.165, 1.54) is 6.92 Å². The third kappa shape index (κ3) is 4.35. The fourth-order valence-corrected chi connectivity index (χ4v) is 5.14. The van der Waals surface area contributed by atoms with Crippen molar-refractivity contribution >= 4 is 5.91 Å². The Labute approximate surface area is 184 Å². The Morgan fingerprint density at radius 3 is 2.39 bits per heavy atom. The van der Waals surface area contributed by atoms with Gasteiger partial charge < -0.3 is 25.7 Å². The maximum Gasteiger partial charge on any atom is 0.253 e. The maximum atomic E-state index is 13.0. The van der Waals surface area contributed by atoms with Crippen molar-refractivity contribution in [1.29, 1.82) is 0 Å².